The van der Waals surface area contributed by atoms with E-state index in [-0.39, 0.29) is 12.6 Å². The van der Waals surface area contributed by atoms with Gasteiger partial charge in [0.2, 0.25) is 0 Å². The number of carbonyl (C=O) groups excluding carboxylic acids is 1. The Morgan fingerprint density at radius 1 is 1.30 bits per heavy atom. The minimum absolute atomic E-state index is 0.344. The van der Waals surface area contributed by atoms with Gasteiger partial charge in [0.05, 0.1) is 0 Å². The smallest absolute Gasteiger partial charge is 0.324 e. The van der Waals surface area contributed by atoms with E-state index >= 15 is 0 Å². The molecule has 0 heterocycles. The molecule has 0 aliphatic heterocycles. The first kappa shape index (κ1) is 16.7. The standard InChI is InChI=1S/C13H17ClN2O3S/c1-15(7-8-20-2)13(19)16(9-12(17)18)11-5-3-10(14)4-6-11/h3-6H,7-9H2,1-2H3,(H,17,18). The van der Waals surface area contributed by atoms with E-state index in [1.807, 2.05) is 6.26 Å². The van der Waals surface area contributed by atoms with Crippen LogP contribution in [0.4, 0.5) is 10.5 Å². The summed E-state index contributed by atoms with van der Waals surface area (Å²) in [7, 11) is 1.66. The molecule has 2 amide bonds. The highest BCUT2D eigenvalue weighted by atomic mass is 35.5. The largest absolute Gasteiger partial charge is 0.480 e. The van der Waals surface area contributed by atoms with Crippen LogP contribution < -0.4 is 4.90 Å². The highest BCUT2D eigenvalue weighted by Crippen LogP contribution is 2.19. The van der Waals surface area contributed by atoms with Crippen molar-refractivity contribution in [2.75, 3.05) is 37.0 Å². The maximum absolute atomic E-state index is 12.3. The number of thioether (sulfide) groups is 1. The topological polar surface area (TPSA) is 60.9 Å². The Morgan fingerprint density at radius 3 is 2.40 bits per heavy atom. The lowest BCUT2D eigenvalue weighted by molar-refractivity contribution is -0.135. The lowest BCUT2D eigenvalue weighted by Gasteiger charge is -2.27. The molecule has 0 radical (unpaired) electrons. The molecule has 0 aliphatic rings. The minimum atomic E-state index is -1.06. The quantitative estimate of drug-likeness (QED) is 0.876. The maximum Gasteiger partial charge on any atom is 0.324 e. The first-order valence-electron chi connectivity index (χ1n) is 5.94. The summed E-state index contributed by atoms with van der Waals surface area (Å²) in [4.78, 5) is 26.0. The van der Waals surface area contributed by atoms with Crippen molar-refractivity contribution in [2.45, 2.75) is 0 Å². The molecule has 0 fully saturated rings. The predicted molar refractivity (Wildman–Crippen MR) is 82.8 cm³/mol. The molecule has 7 heteroatoms. The van der Waals surface area contributed by atoms with Crippen LogP contribution in [0.25, 0.3) is 0 Å². The Kier molecular flexibility index (Phi) is 6.67. The van der Waals surface area contributed by atoms with E-state index in [0.717, 1.165) is 5.75 Å². The van der Waals surface area contributed by atoms with Crippen LogP contribution in [-0.2, 0) is 4.79 Å². The Balaban J connectivity index is 2.91. The van der Waals surface area contributed by atoms with Crippen molar-refractivity contribution in [3.63, 3.8) is 0 Å². The number of aliphatic carboxylic acids is 1. The number of benzene rings is 1. The number of carboxylic acid groups (broad SMARTS) is 1. The zero-order valence-electron chi connectivity index (χ0n) is 11.4. The van der Waals surface area contributed by atoms with Crippen LogP contribution in [0.5, 0.6) is 0 Å². The summed E-state index contributed by atoms with van der Waals surface area (Å²) in [6, 6.07) is 6.17. The van der Waals surface area contributed by atoms with Gasteiger partial charge in [-0.3, -0.25) is 9.69 Å². The SMILES string of the molecule is CSCCN(C)C(=O)N(CC(=O)O)c1ccc(Cl)cc1. The van der Waals surface area contributed by atoms with Crippen LogP contribution in [0, 0.1) is 0 Å². The molecule has 20 heavy (non-hydrogen) atoms. The van der Waals surface area contributed by atoms with E-state index in [1.54, 1.807) is 43.1 Å². The van der Waals surface area contributed by atoms with E-state index in [1.165, 1.54) is 9.80 Å². The van der Waals surface area contributed by atoms with E-state index in [4.69, 9.17) is 16.7 Å². The van der Waals surface area contributed by atoms with Gasteiger partial charge in [0.15, 0.2) is 0 Å². The number of urea groups is 1. The fourth-order valence-corrected chi connectivity index (χ4v) is 2.14. The molecule has 0 aliphatic carbocycles. The summed E-state index contributed by atoms with van der Waals surface area (Å²) in [5.41, 5.74) is 0.512. The van der Waals surface area contributed by atoms with E-state index in [0.29, 0.717) is 17.3 Å². The van der Waals surface area contributed by atoms with Gasteiger partial charge in [-0.15, -0.1) is 0 Å². The van der Waals surface area contributed by atoms with Gasteiger partial charge in [-0.2, -0.15) is 11.8 Å². The third-order valence-corrected chi connectivity index (χ3v) is 3.46. The molecule has 0 bridgehead atoms. The molecule has 110 valence electrons. The van der Waals surface area contributed by atoms with Crippen molar-refractivity contribution in [1.82, 2.24) is 4.90 Å². The van der Waals surface area contributed by atoms with Crippen molar-refractivity contribution in [1.29, 1.82) is 0 Å². The molecule has 0 saturated heterocycles. The van der Waals surface area contributed by atoms with Crippen LogP contribution in [0.2, 0.25) is 5.02 Å². The third-order valence-electron chi connectivity index (χ3n) is 2.62. The number of amides is 2. The van der Waals surface area contributed by atoms with Gasteiger partial charge in [-0.05, 0) is 30.5 Å². The van der Waals surface area contributed by atoms with Gasteiger partial charge in [0.1, 0.15) is 6.54 Å². The van der Waals surface area contributed by atoms with Crippen LogP contribution in [-0.4, -0.2) is 54.2 Å². The summed E-state index contributed by atoms with van der Waals surface area (Å²) in [6.45, 7) is 0.174. The average molecular weight is 317 g/mol. The molecule has 1 rings (SSSR count). The normalized spacial score (nSPS) is 10.2. The van der Waals surface area contributed by atoms with E-state index < -0.39 is 5.97 Å². The van der Waals surface area contributed by atoms with Crippen LogP contribution in [0.15, 0.2) is 24.3 Å². The van der Waals surface area contributed by atoms with Crippen molar-refractivity contribution in [3.8, 4) is 0 Å². The van der Waals surface area contributed by atoms with Crippen LogP contribution in [0.1, 0.15) is 0 Å². The number of hydrogen-bond donors (Lipinski definition) is 1. The molecule has 0 atom stereocenters. The van der Waals surface area contributed by atoms with Gasteiger partial charge >= 0.3 is 12.0 Å². The van der Waals surface area contributed by atoms with Gasteiger partial charge in [0, 0.05) is 30.1 Å². The second-order valence-corrected chi connectivity index (χ2v) is 5.58. The van der Waals surface area contributed by atoms with Crippen molar-refractivity contribution in [2.24, 2.45) is 0 Å². The summed E-state index contributed by atoms with van der Waals surface area (Å²) >= 11 is 7.42. The molecule has 1 aromatic carbocycles. The molecule has 0 aromatic heterocycles. The highest BCUT2D eigenvalue weighted by molar-refractivity contribution is 7.98. The number of rotatable bonds is 6. The molecule has 5 nitrogen and oxygen atoms in total. The molecule has 1 N–H and O–H groups in total. The summed E-state index contributed by atoms with van der Waals surface area (Å²) in [5.74, 6) is -0.268. The van der Waals surface area contributed by atoms with Crippen molar-refractivity contribution in [3.05, 3.63) is 29.3 Å². The molecular weight excluding hydrogens is 300 g/mol. The zero-order valence-corrected chi connectivity index (χ0v) is 12.9. The Hall–Kier alpha value is -1.40. The molecule has 0 unspecified atom stereocenters. The lowest BCUT2D eigenvalue weighted by Crippen LogP contribution is -2.44. The fourth-order valence-electron chi connectivity index (χ4n) is 1.56. The first-order chi connectivity index (χ1) is 9.45. The molecular formula is C13H17ClN2O3S. The number of hydrogen-bond acceptors (Lipinski definition) is 3. The Labute approximate surface area is 127 Å². The Morgan fingerprint density at radius 2 is 1.90 bits per heavy atom. The predicted octanol–water partition coefficient (Wildman–Crippen LogP) is 2.65. The van der Waals surface area contributed by atoms with Crippen LogP contribution >= 0.6 is 23.4 Å². The number of nitrogens with zero attached hydrogens (tertiary/aromatic N) is 2. The average Bonchev–Trinajstić information content (AvgIpc) is 2.42. The van der Waals surface area contributed by atoms with Crippen LogP contribution in [0.3, 0.4) is 0 Å². The minimum Gasteiger partial charge on any atom is -0.480 e. The molecule has 0 saturated carbocycles. The van der Waals surface area contributed by atoms with Gasteiger partial charge in [0.25, 0.3) is 0 Å². The van der Waals surface area contributed by atoms with Gasteiger partial charge in [-0.25, -0.2) is 4.79 Å². The summed E-state index contributed by atoms with van der Waals surface area (Å²) in [5, 5.41) is 9.50. The highest BCUT2D eigenvalue weighted by Gasteiger charge is 2.21. The molecule has 0 spiro atoms. The summed E-state index contributed by atoms with van der Waals surface area (Å²) in [6.07, 6.45) is 1.95. The monoisotopic (exact) mass is 316 g/mol. The maximum atomic E-state index is 12.3. The fraction of sp³-hybridized carbons (Fsp3) is 0.385. The van der Waals surface area contributed by atoms with Gasteiger partial charge in [-0.1, -0.05) is 11.6 Å². The number of anilines is 1. The Bertz CT molecular complexity index is 467. The summed E-state index contributed by atoms with van der Waals surface area (Å²) < 4.78 is 0. The number of carbonyl (C=O) groups is 2. The molecule has 1 aromatic rings. The second-order valence-electron chi connectivity index (χ2n) is 4.15. The lowest BCUT2D eigenvalue weighted by atomic mass is 10.3. The number of carboxylic acids is 1. The number of halogens is 1. The second kappa shape index (κ2) is 8.01. The van der Waals surface area contributed by atoms with Gasteiger partial charge < -0.3 is 10.0 Å². The van der Waals surface area contributed by atoms with E-state index in [2.05, 4.69) is 0 Å². The zero-order chi connectivity index (χ0) is 15.1. The van der Waals surface area contributed by atoms with E-state index in [9.17, 15) is 9.59 Å². The van der Waals surface area contributed by atoms with Crippen molar-refractivity contribution >= 4 is 41.1 Å². The first-order valence-corrected chi connectivity index (χ1v) is 7.71. The van der Waals surface area contributed by atoms with Crippen molar-refractivity contribution < 1.29 is 14.7 Å². The third kappa shape index (κ3) is 4.94.